The summed E-state index contributed by atoms with van der Waals surface area (Å²) in [5.74, 6) is -2.96. The maximum Gasteiger partial charge on any atom is 0.338 e. The highest BCUT2D eigenvalue weighted by Gasteiger charge is 2.11. The van der Waals surface area contributed by atoms with E-state index in [9.17, 15) is 14.7 Å². The van der Waals surface area contributed by atoms with Gasteiger partial charge in [-0.15, -0.1) is 0 Å². The number of benzene rings is 1. The van der Waals surface area contributed by atoms with Crippen molar-refractivity contribution in [3.63, 3.8) is 0 Å². The number of rotatable bonds is 4. The molecule has 0 amide bonds. The number of aromatic carboxylic acids is 1. The van der Waals surface area contributed by atoms with Gasteiger partial charge in [-0.3, -0.25) is 0 Å². The van der Waals surface area contributed by atoms with E-state index in [0.29, 0.717) is 6.42 Å². The zero-order valence-electron chi connectivity index (χ0n) is 12.0. The van der Waals surface area contributed by atoms with Crippen LogP contribution >= 0.6 is 0 Å². The van der Waals surface area contributed by atoms with Crippen LogP contribution in [0.3, 0.4) is 0 Å². The van der Waals surface area contributed by atoms with Gasteiger partial charge in [0.2, 0.25) is 0 Å². The summed E-state index contributed by atoms with van der Waals surface area (Å²) in [4.78, 5) is 22.7. The van der Waals surface area contributed by atoms with Gasteiger partial charge in [0.25, 0.3) is 0 Å². The lowest BCUT2D eigenvalue weighted by molar-refractivity contribution is -0.255. The van der Waals surface area contributed by atoms with Crippen LogP contribution in [0.1, 0.15) is 39.5 Å². The molecule has 0 aliphatic heterocycles. The number of carboxylic acid groups (broad SMARTS) is 1. The van der Waals surface area contributed by atoms with Crippen molar-refractivity contribution in [2.24, 2.45) is 0 Å². The van der Waals surface area contributed by atoms with Gasteiger partial charge < -0.3 is 14.6 Å². The smallest absolute Gasteiger partial charge is 0.338 e. The molecule has 80 valence electrons. The van der Waals surface area contributed by atoms with Crippen LogP contribution in [0.2, 0.25) is 0 Å². The van der Waals surface area contributed by atoms with E-state index in [4.69, 9.17) is 10.2 Å². The fourth-order valence-corrected chi connectivity index (χ4v) is 0.886. The minimum Gasteiger partial charge on any atom is -0.545 e. The highest BCUT2D eigenvalue weighted by molar-refractivity contribution is 6.01. The molecule has 0 bridgehead atoms. The summed E-state index contributed by atoms with van der Waals surface area (Å²) in [6.45, 7) is 1.75. The van der Waals surface area contributed by atoms with Gasteiger partial charge in [-0.25, -0.2) is 4.79 Å². The fraction of sp³-hybridized carbons (Fsp3) is 0.273. The van der Waals surface area contributed by atoms with Crippen LogP contribution in [0.5, 0.6) is 0 Å². The molecule has 1 aromatic rings. The normalized spacial score (nSPS) is 13.4. The van der Waals surface area contributed by atoms with E-state index in [0.717, 1.165) is 0 Å². The molecule has 1 aromatic carbocycles. The molecule has 4 heteroatoms. The van der Waals surface area contributed by atoms with Gasteiger partial charge in [0.15, 0.2) is 0 Å². The monoisotopic (exact) mass is 211 g/mol. The van der Waals surface area contributed by atoms with Crippen molar-refractivity contribution in [1.82, 2.24) is 0 Å². The topological polar surface area (TPSA) is 66.4 Å². The van der Waals surface area contributed by atoms with E-state index in [-0.39, 0.29) is 6.61 Å². The van der Waals surface area contributed by atoms with Crippen molar-refractivity contribution in [3.8, 4) is 0 Å². The Labute approximate surface area is 93.1 Å². The Morgan fingerprint density at radius 3 is 2.53 bits per heavy atom. The van der Waals surface area contributed by atoms with Crippen molar-refractivity contribution in [3.05, 3.63) is 35.3 Å². The Balaban J connectivity index is 3.52. The number of carbonyl (C=O) groups excluding carboxylic acids is 2. The molecule has 4 nitrogen and oxygen atoms in total. The first kappa shape index (κ1) is 6.61. The van der Waals surface area contributed by atoms with Gasteiger partial charge in [-0.2, -0.15) is 0 Å². The fourth-order valence-electron chi connectivity index (χ4n) is 0.886. The molecular formula is C11H11O4-. The Bertz CT molecular complexity index is 542. The second kappa shape index (κ2) is 5.14. The number of carboxylic acids is 1. The molecule has 0 radical (unpaired) electrons. The number of hydrogen-bond donors (Lipinski definition) is 0. The van der Waals surface area contributed by atoms with Crippen molar-refractivity contribution in [1.29, 1.82) is 0 Å². The lowest BCUT2D eigenvalue weighted by atomic mass is 10.1. The minimum atomic E-state index is -1.85. The van der Waals surface area contributed by atoms with Gasteiger partial charge in [-0.05, 0) is 12.5 Å². The van der Waals surface area contributed by atoms with Crippen LogP contribution in [0.4, 0.5) is 0 Å². The average molecular weight is 211 g/mol. The highest BCUT2D eigenvalue weighted by Crippen LogP contribution is 2.09. The first-order valence-corrected chi connectivity index (χ1v) is 4.31. The largest absolute Gasteiger partial charge is 0.545 e. The van der Waals surface area contributed by atoms with Gasteiger partial charge in [0.05, 0.1) is 23.6 Å². The maximum atomic E-state index is 11.7. The van der Waals surface area contributed by atoms with Crippen molar-refractivity contribution in [2.45, 2.75) is 13.3 Å². The Morgan fingerprint density at radius 1 is 1.40 bits per heavy atom. The summed E-state index contributed by atoms with van der Waals surface area (Å²) in [6.07, 6.45) is 0.498. The maximum absolute atomic E-state index is 11.7. The van der Waals surface area contributed by atoms with Crippen molar-refractivity contribution < 1.29 is 24.9 Å². The molecule has 0 saturated heterocycles. The molecule has 0 aromatic heterocycles. The number of esters is 1. The second-order valence-corrected chi connectivity index (χ2v) is 2.67. The van der Waals surface area contributed by atoms with Crippen LogP contribution in [0, 0.1) is 0 Å². The molecule has 0 aliphatic rings. The third-order valence-electron chi connectivity index (χ3n) is 1.53. The standard InChI is InChI=1S/C11H12O4/c1-2-7-15-11(14)9-6-4-3-5-8(9)10(12)13/h3-6H,2,7H2,1H3,(H,12,13)/p-1/i3D,4D,5D,6D. The number of hydrogen-bond acceptors (Lipinski definition) is 4. The third kappa shape index (κ3) is 2.80. The molecule has 15 heavy (non-hydrogen) atoms. The van der Waals surface area contributed by atoms with E-state index < -0.39 is 47.2 Å². The summed E-state index contributed by atoms with van der Waals surface area (Å²) in [5, 5.41) is 11.0. The van der Waals surface area contributed by atoms with Crippen LogP contribution in [-0.2, 0) is 4.74 Å². The molecule has 0 atom stereocenters. The molecule has 0 aliphatic carbocycles. The molecule has 0 spiro atoms. The van der Waals surface area contributed by atoms with Crippen LogP contribution in [-0.4, -0.2) is 18.5 Å². The number of ether oxygens (including phenoxy) is 1. The first-order chi connectivity index (χ1) is 8.82. The number of carbonyl (C=O) groups is 2. The van der Waals surface area contributed by atoms with Crippen molar-refractivity contribution >= 4 is 11.9 Å². The third-order valence-corrected chi connectivity index (χ3v) is 1.53. The molecule has 0 N–H and O–H groups in total. The van der Waals surface area contributed by atoms with Crippen LogP contribution in [0.15, 0.2) is 24.2 Å². The zero-order chi connectivity index (χ0) is 14.7. The molecule has 0 heterocycles. The van der Waals surface area contributed by atoms with Gasteiger partial charge in [-0.1, -0.05) is 25.1 Å². The lowest BCUT2D eigenvalue weighted by Gasteiger charge is -2.09. The van der Waals surface area contributed by atoms with E-state index in [1.54, 1.807) is 6.92 Å². The van der Waals surface area contributed by atoms with E-state index in [1.807, 2.05) is 0 Å². The predicted molar refractivity (Wildman–Crippen MR) is 51.3 cm³/mol. The molecule has 0 saturated carbocycles. The van der Waals surface area contributed by atoms with Crippen LogP contribution < -0.4 is 5.11 Å². The van der Waals surface area contributed by atoms with Gasteiger partial charge in [0, 0.05) is 5.56 Å². The Kier molecular flexibility index (Phi) is 2.27. The highest BCUT2D eigenvalue weighted by atomic mass is 16.5. The molecular weight excluding hydrogens is 196 g/mol. The summed E-state index contributed by atoms with van der Waals surface area (Å²) < 4.78 is 34.5. The summed E-state index contributed by atoms with van der Waals surface area (Å²) in [6, 6.07) is -3.01. The van der Waals surface area contributed by atoms with E-state index in [2.05, 4.69) is 0 Å². The Morgan fingerprint density at radius 2 is 2.00 bits per heavy atom. The SMILES string of the molecule is [2H]c1c([2H])c([2H])c(C(=O)OCCC)c(C(=O)[O-])c1[2H]. The van der Waals surface area contributed by atoms with E-state index >= 15 is 0 Å². The zero-order valence-corrected chi connectivity index (χ0v) is 8.05. The van der Waals surface area contributed by atoms with E-state index in [1.165, 1.54) is 0 Å². The summed E-state index contributed by atoms with van der Waals surface area (Å²) in [5.41, 5.74) is -1.59. The average Bonchev–Trinajstić information content (AvgIpc) is 2.36. The summed E-state index contributed by atoms with van der Waals surface area (Å²) in [7, 11) is 0. The first-order valence-electron chi connectivity index (χ1n) is 6.31. The van der Waals surface area contributed by atoms with Gasteiger partial charge in [0.1, 0.15) is 0 Å². The van der Waals surface area contributed by atoms with Crippen molar-refractivity contribution in [2.75, 3.05) is 6.61 Å². The summed E-state index contributed by atoms with van der Waals surface area (Å²) >= 11 is 0. The second-order valence-electron chi connectivity index (χ2n) is 2.67. The van der Waals surface area contributed by atoms with Gasteiger partial charge >= 0.3 is 5.97 Å². The minimum absolute atomic E-state index is 0.0219. The Hall–Kier alpha value is -1.84. The molecule has 0 fully saturated rings. The van der Waals surface area contributed by atoms with Crippen LogP contribution in [0.25, 0.3) is 0 Å². The molecule has 0 unspecified atom stereocenters. The lowest BCUT2D eigenvalue weighted by Crippen LogP contribution is -2.25. The molecule has 1 rings (SSSR count). The predicted octanol–water partition coefficient (Wildman–Crippen LogP) is 0.617. The quantitative estimate of drug-likeness (QED) is 0.684.